The molecule has 8 aliphatic rings. The summed E-state index contributed by atoms with van der Waals surface area (Å²) in [6, 6.07) is 0. The van der Waals surface area contributed by atoms with E-state index in [1.165, 1.54) is 25.7 Å². The van der Waals surface area contributed by atoms with Gasteiger partial charge in [0.1, 0.15) is 12.2 Å². The lowest BCUT2D eigenvalue weighted by molar-refractivity contribution is -0.301. The molecule has 0 bridgehead atoms. The Morgan fingerprint density at radius 2 is 1.58 bits per heavy atom. The second-order valence-electron chi connectivity index (χ2n) is 17.9. The maximum absolute atomic E-state index is 11.8. The third kappa shape index (κ3) is 5.04. The molecule has 8 nitrogen and oxygen atoms in total. The highest BCUT2D eigenvalue weighted by atomic mass is 16.8. The molecule has 4 heterocycles. The SMILES string of the molecule is C[C@H]([C@@H](O)[C@@H]1O[C@@H]1C(C)(C)OC1CCCCO1)[C@H]1CC[C@H]2[C@@H]3CC4(OCCO4)[C@H]4C[C@@H]5OC(C)(C)O[C@@H]5C[C@]4(C)[C@H]3CC[C@]12C. The zero-order valence-corrected chi connectivity index (χ0v) is 28.9. The Hall–Kier alpha value is -0.320. The van der Waals surface area contributed by atoms with Crippen LogP contribution in [0.3, 0.4) is 0 Å². The quantitative estimate of drug-likeness (QED) is 0.346. The fraction of sp³-hybridized carbons (Fsp3) is 1.00. The summed E-state index contributed by atoms with van der Waals surface area (Å²) < 4.78 is 44.8. The molecule has 14 atom stereocenters. The summed E-state index contributed by atoms with van der Waals surface area (Å²) in [5, 5.41) is 11.8. The molecule has 1 unspecified atom stereocenters. The van der Waals surface area contributed by atoms with Crippen LogP contribution in [-0.4, -0.2) is 78.9 Å². The largest absolute Gasteiger partial charge is 0.390 e. The molecule has 0 radical (unpaired) electrons. The van der Waals surface area contributed by atoms with E-state index in [0.717, 1.165) is 45.1 Å². The van der Waals surface area contributed by atoms with Gasteiger partial charge in [-0.1, -0.05) is 20.8 Å². The molecule has 0 aromatic carbocycles. The molecule has 1 N–H and O–H groups in total. The fourth-order valence-corrected chi connectivity index (χ4v) is 12.7. The van der Waals surface area contributed by atoms with Crippen LogP contribution < -0.4 is 0 Å². The molecule has 1 spiro atoms. The average molecular weight is 633 g/mol. The third-order valence-corrected chi connectivity index (χ3v) is 14.7. The van der Waals surface area contributed by atoms with Crippen molar-refractivity contribution in [3.63, 3.8) is 0 Å². The Labute approximate surface area is 270 Å². The van der Waals surface area contributed by atoms with Crippen LogP contribution in [-0.2, 0) is 33.2 Å². The van der Waals surface area contributed by atoms with E-state index in [0.29, 0.717) is 42.8 Å². The van der Waals surface area contributed by atoms with Crippen LogP contribution in [0.1, 0.15) is 113 Å². The van der Waals surface area contributed by atoms with E-state index in [1.54, 1.807) is 0 Å². The van der Waals surface area contributed by atoms with Crippen molar-refractivity contribution in [1.29, 1.82) is 0 Å². The van der Waals surface area contributed by atoms with Crippen molar-refractivity contribution < 1.29 is 38.3 Å². The van der Waals surface area contributed by atoms with Gasteiger partial charge in [0.2, 0.25) is 0 Å². The molecule has 45 heavy (non-hydrogen) atoms. The van der Waals surface area contributed by atoms with Crippen molar-refractivity contribution in [2.75, 3.05) is 19.8 Å². The number of aliphatic hydroxyl groups is 1. The third-order valence-electron chi connectivity index (χ3n) is 14.7. The van der Waals surface area contributed by atoms with E-state index < -0.39 is 23.3 Å². The number of hydrogen-bond acceptors (Lipinski definition) is 8. The predicted octanol–water partition coefficient (Wildman–Crippen LogP) is 6.21. The first-order valence-electron chi connectivity index (χ1n) is 18.5. The van der Waals surface area contributed by atoms with Gasteiger partial charge in [0, 0.05) is 18.9 Å². The maximum Gasteiger partial charge on any atom is 0.172 e. The molecular weight excluding hydrogens is 572 g/mol. The van der Waals surface area contributed by atoms with Crippen molar-refractivity contribution in [3.8, 4) is 0 Å². The summed E-state index contributed by atoms with van der Waals surface area (Å²) in [6.45, 7) is 17.8. The number of epoxide rings is 1. The van der Waals surface area contributed by atoms with Gasteiger partial charge < -0.3 is 38.3 Å². The van der Waals surface area contributed by atoms with E-state index in [2.05, 4.69) is 48.5 Å². The number of hydrogen-bond donors (Lipinski definition) is 1. The monoisotopic (exact) mass is 632 g/mol. The van der Waals surface area contributed by atoms with Crippen LogP contribution in [0.25, 0.3) is 0 Å². The molecule has 0 amide bonds. The smallest absolute Gasteiger partial charge is 0.172 e. The molecule has 8 heteroatoms. The first-order chi connectivity index (χ1) is 21.3. The fourth-order valence-electron chi connectivity index (χ4n) is 12.7. The molecular formula is C37H60O8. The first-order valence-corrected chi connectivity index (χ1v) is 18.5. The molecule has 256 valence electrons. The summed E-state index contributed by atoms with van der Waals surface area (Å²) in [5.74, 6) is 1.69. The van der Waals surface area contributed by atoms with E-state index >= 15 is 0 Å². The Morgan fingerprint density at radius 3 is 2.31 bits per heavy atom. The molecule has 4 aliphatic heterocycles. The van der Waals surface area contributed by atoms with E-state index in [9.17, 15) is 5.11 Å². The lowest BCUT2D eigenvalue weighted by atomic mass is 9.42. The summed E-state index contributed by atoms with van der Waals surface area (Å²) in [7, 11) is 0. The van der Waals surface area contributed by atoms with Crippen molar-refractivity contribution in [3.05, 3.63) is 0 Å². The Balaban J connectivity index is 0.995. The molecule has 8 rings (SSSR count). The summed E-state index contributed by atoms with van der Waals surface area (Å²) in [5.41, 5.74) is -0.214. The van der Waals surface area contributed by atoms with Gasteiger partial charge in [-0.25, -0.2) is 0 Å². The summed E-state index contributed by atoms with van der Waals surface area (Å²) in [4.78, 5) is 0. The molecule has 4 aliphatic carbocycles. The lowest BCUT2D eigenvalue weighted by Crippen LogP contribution is -2.65. The lowest BCUT2D eigenvalue weighted by Gasteiger charge is -2.65. The van der Waals surface area contributed by atoms with E-state index in [1.807, 2.05) is 0 Å². The van der Waals surface area contributed by atoms with Gasteiger partial charge in [-0.05, 0) is 126 Å². The Kier molecular flexibility index (Phi) is 7.69. The molecule has 0 aromatic heterocycles. The highest BCUT2D eigenvalue weighted by Gasteiger charge is 2.70. The number of fused-ring (bicyclic) bond motifs is 7. The topological polar surface area (TPSA) is 88.1 Å². The highest BCUT2D eigenvalue weighted by molar-refractivity contribution is 5.16. The zero-order chi connectivity index (χ0) is 31.6. The predicted molar refractivity (Wildman–Crippen MR) is 167 cm³/mol. The first kappa shape index (κ1) is 31.9. The molecule has 4 saturated carbocycles. The van der Waals surface area contributed by atoms with Crippen LogP contribution in [0.2, 0.25) is 0 Å². The van der Waals surface area contributed by atoms with Crippen molar-refractivity contribution >= 4 is 0 Å². The van der Waals surface area contributed by atoms with E-state index in [4.69, 9.17) is 33.2 Å². The maximum atomic E-state index is 11.8. The van der Waals surface area contributed by atoms with Crippen molar-refractivity contribution in [2.24, 2.45) is 46.3 Å². The molecule has 4 saturated heterocycles. The number of aliphatic hydroxyl groups excluding tert-OH is 1. The molecule has 0 aromatic rings. The average Bonchev–Trinajstić information content (AvgIpc) is 3.40. The van der Waals surface area contributed by atoms with Gasteiger partial charge in [0.05, 0.1) is 37.1 Å². The van der Waals surface area contributed by atoms with Gasteiger partial charge in [0.15, 0.2) is 17.9 Å². The van der Waals surface area contributed by atoms with Crippen LogP contribution in [0.5, 0.6) is 0 Å². The highest BCUT2D eigenvalue weighted by Crippen LogP contribution is 2.71. The second kappa shape index (κ2) is 10.8. The molecule has 8 fully saturated rings. The minimum Gasteiger partial charge on any atom is -0.390 e. The number of ether oxygens (including phenoxy) is 7. The van der Waals surface area contributed by atoms with E-state index in [-0.39, 0.29) is 47.5 Å². The van der Waals surface area contributed by atoms with Gasteiger partial charge >= 0.3 is 0 Å². The minimum absolute atomic E-state index is 0.0887. The van der Waals surface area contributed by atoms with Crippen molar-refractivity contribution in [2.45, 2.75) is 167 Å². The minimum atomic E-state index is -0.529. The Morgan fingerprint density at radius 1 is 0.844 bits per heavy atom. The normalized spacial score (nSPS) is 51.2. The van der Waals surface area contributed by atoms with Crippen molar-refractivity contribution in [1.82, 2.24) is 0 Å². The number of rotatable bonds is 6. The van der Waals surface area contributed by atoms with Gasteiger partial charge in [-0.15, -0.1) is 0 Å². The van der Waals surface area contributed by atoms with Crippen LogP contribution in [0.15, 0.2) is 0 Å². The second-order valence-corrected chi connectivity index (χ2v) is 17.9. The van der Waals surface area contributed by atoms with Gasteiger partial charge in [-0.3, -0.25) is 0 Å². The van der Waals surface area contributed by atoms with Gasteiger partial charge in [0.25, 0.3) is 0 Å². The van der Waals surface area contributed by atoms with Crippen LogP contribution in [0, 0.1) is 46.3 Å². The summed E-state index contributed by atoms with van der Waals surface area (Å²) >= 11 is 0. The van der Waals surface area contributed by atoms with Gasteiger partial charge in [-0.2, -0.15) is 0 Å². The standard InChI is InChI=1S/C37H60O8/c1-21(30(38)31-32(42-31)33(2,3)45-29-10-8-9-15-39-29)23-11-12-24-22-19-37(40-16-17-41-37)28-18-26-27(44-34(4,5)43-26)20-36(28,7)25(22)13-14-35(23,24)6/h21-32,38H,8-20H2,1-7H3/t21-,22-,23+,24-,25-,26-,27+,28-,29?,30+,31-,32-,35+,36+/m0/s1. The van der Waals surface area contributed by atoms with Crippen LogP contribution >= 0.6 is 0 Å². The Bertz CT molecular complexity index is 1110. The summed E-state index contributed by atoms with van der Waals surface area (Å²) in [6.07, 6.45) is 10.3. The van der Waals surface area contributed by atoms with Crippen LogP contribution in [0.4, 0.5) is 0 Å². The zero-order valence-electron chi connectivity index (χ0n) is 28.9.